The topological polar surface area (TPSA) is 116 Å². The number of aromatic nitrogens is 1. The summed E-state index contributed by atoms with van der Waals surface area (Å²) in [6.07, 6.45) is 0.112. The number of carbonyl (C=O) groups is 2. The van der Waals surface area contributed by atoms with Gasteiger partial charge in [-0.2, -0.15) is 0 Å². The van der Waals surface area contributed by atoms with Gasteiger partial charge in [-0.3, -0.25) is 4.79 Å². The number of benzene rings is 1. The summed E-state index contributed by atoms with van der Waals surface area (Å²) in [6, 6.07) is 5.42. The summed E-state index contributed by atoms with van der Waals surface area (Å²) in [7, 11) is 2.86. The standard InChI is InChI=1S/C24H31ClN2O7/c1-13(27-22(29)19-20(28)17(31-6)10-11-26-19)23(30)33-14(2)21(24(3,4)5)34-15-8-9-16(25)18(12-15)32-7/h8-14,21,28H,1-7H3,(H,27,29)/t13-,14-,21-/m0/s1. The van der Waals surface area contributed by atoms with Gasteiger partial charge < -0.3 is 29.4 Å². The van der Waals surface area contributed by atoms with Gasteiger partial charge in [0.15, 0.2) is 17.2 Å². The van der Waals surface area contributed by atoms with Gasteiger partial charge in [-0.15, -0.1) is 0 Å². The van der Waals surface area contributed by atoms with E-state index in [9.17, 15) is 14.7 Å². The Labute approximate surface area is 204 Å². The fourth-order valence-corrected chi connectivity index (χ4v) is 3.47. The first-order valence-electron chi connectivity index (χ1n) is 10.6. The van der Waals surface area contributed by atoms with Gasteiger partial charge in [-0.25, -0.2) is 9.78 Å². The van der Waals surface area contributed by atoms with E-state index >= 15 is 0 Å². The molecule has 0 unspecified atom stereocenters. The van der Waals surface area contributed by atoms with E-state index in [0.29, 0.717) is 16.5 Å². The van der Waals surface area contributed by atoms with Crippen molar-refractivity contribution < 1.29 is 33.6 Å². The molecule has 0 aliphatic heterocycles. The van der Waals surface area contributed by atoms with E-state index in [2.05, 4.69) is 10.3 Å². The molecule has 34 heavy (non-hydrogen) atoms. The van der Waals surface area contributed by atoms with Gasteiger partial charge in [-0.05, 0) is 26.0 Å². The average Bonchev–Trinajstić information content (AvgIpc) is 2.77. The fraction of sp³-hybridized carbons (Fsp3) is 0.458. The maximum absolute atomic E-state index is 12.7. The predicted molar refractivity (Wildman–Crippen MR) is 127 cm³/mol. The molecule has 0 spiro atoms. The lowest BCUT2D eigenvalue weighted by Crippen LogP contribution is -2.47. The number of pyridine rings is 1. The summed E-state index contributed by atoms with van der Waals surface area (Å²) >= 11 is 6.09. The number of ether oxygens (including phenoxy) is 4. The van der Waals surface area contributed by atoms with Crippen LogP contribution in [-0.2, 0) is 9.53 Å². The van der Waals surface area contributed by atoms with Crippen molar-refractivity contribution in [3.63, 3.8) is 0 Å². The molecule has 0 bridgehead atoms. The van der Waals surface area contributed by atoms with Gasteiger partial charge in [-0.1, -0.05) is 32.4 Å². The molecular weight excluding hydrogens is 464 g/mol. The lowest BCUT2D eigenvalue weighted by Gasteiger charge is -2.35. The monoisotopic (exact) mass is 494 g/mol. The van der Waals surface area contributed by atoms with Crippen molar-refractivity contribution in [1.82, 2.24) is 10.3 Å². The second kappa shape index (κ2) is 11.3. The van der Waals surface area contributed by atoms with Crippen LogP contribution in [-0.4, -0.2) is 54.4 Å². The van der Waals surface area contributed by atoms with Crippen molar-refractivity contribution in [3.05, 3.63) is 41.2 Å². The number of nitrogens with one attached hydrogen (secondary N) is 1. The van der Waals surface area contributed by atoms with Gasteiger partial charge in [0.05, 0.1) is 19.2 Å². The smallest absolute Gasteiger partial charge is 0.328 e. The van der Waals surface area contributed by atoms with Crippen molar-refractivity contribution in [1.29, 1.82) is 0 Å². The van der Waals surface area contributed by atoms with Crippen LogP contribution in [0.4, 0.5) is 0 Å². The van der Waals surface area contributed by atoms with E-state index in [1.165, 1.54) is 33.4 Å². The summed E-state index contributed by atoms with van der Waals surface area (Å²) in [6.45, 7) is 9.05. The van der Waals surface area contributed by atoms with Crippen molar-refractivity contribution in [2.75, 3.05) is 14.2 Å². The zero-order valence-corrected chi connectivity index (χ0v) is 21.1. The van der Waals surface area contributed by atoms with Gasteiger partial charge >= 0.3 is 5.97 Å². The number of nitrogens with zero attached hydrogens (tertiary/aromatic N) is 1. The third-order valence-electron chi connectivity index (χ3n) is 4.99. The first kappa shape index (κ1) is 27.0. The Hall–Kier alpha value is -3.20. The average molecular weight is 495 g/mol. The molecule has 1 aromatic heterocycles. The third kappa shape index (κ3) is 6.66. The third-order valence-corrected chi connectivity index (χ3v) is 5.30. The number of hydrogen-bond donors (Lipinski definition) is 2. The molecule has 1 heterocycles. The minimum Gasteiger partial charge on any atom is -0.503 e. The lowest BCUT2D eigenvalue weighted by atomic mass is 9.86. The number of aromatic hydroxyl groups is 1. The summed E-state index contributed by atoms with van der Waals surface area (Å²) in [5.74, 6) is -0.781. The second-order valence-electron chi connectivity index (χ2n) is 8.75. The van der Waals surface area contributed by atoms with Crippen LogP contribution in [0.5, 0.6) is 23.0 Å². The van der Waals surface area contributed by atoms with Crippen molar-refractivity contribution >= 4 is 23.5 Å². The summed E-state index contributed by atoms with van der Waals surface area (Å²) in [5, 5.41) is 13.0. The normalized spacial score (nSPS) is 13.9. The molecule has 10 heteroatoms. The van der Waals surface area contributed by atoms with Crippen LogP contribution in [0.15, 0.2) is 30.5 Å². The summed E-state index contributed by atoms with van der Waals surface area (Å²) in [4.78, 5) is 29.1. The van der Waals surface area contributed by atoms with Crippen LogP contribution in [0.1, 0.15) is 45.1 Å². The highest BCUT2D eigenvalue weighted by Crippen LogP contribution is 2.33. The number of hydrogen-bond acceptors (Lipinski definition) is 8. The Kier molecular flexibility index (Phi) is 8.98. The van der Waals surface area contributed by atoms with E-state index < -0.39 is 41.3 Å². The Morgan fingerprint density at radius 1 is 1.09 bits per heavy atom. The van der Waals surface area contributed by atoms with Gasteiger partial charge in [0, 0.05) is 23.7 Å². The molecular formula is C24H31ClN2O7. The van der Waals surface area contributed by atoms with Gasteiger partial charge in [0.25, 0.3) is 5.91 Å². The Morgan fingerprint density at radius 3 is 2.32 bits per heavy atom. The largest absolute Gasteiger partial charge is 0.503 e. The zero-order chi connectivity index (χ0) is 25.6. The van der Waals surface area contributed by atoms with Crippen LogP contribution < -0.4 is 19.5 Å². The minimum atomic E-state index is -1.02. The van der Waals surface area contributed by atoms with Crippen LogP contribution in [0.3, 0.4) is 0 Å². The molecule has 9 nitrogen and oxygen atoms in total. The molecule has 2 aromatic rings. The molecule has 0 saturated carbocycles. The lowest BCUT2D eigenvalue weighted by molar-refractivity contribution is -0.158. The number of carbonyl (C=O) groups excluding carboxylic acids is 2. The zero-order valence-electron chi connectivity index (χ0n) is 20.3. The minimum absolute atomic E-state index is 0.0907. The molecule has 0 aliphatic rings. The van der Waals surface area contributed by atoms with Crippen molar-refractivity contribution in [2.45, 2.75) is 52.9 Å². The number of esters is 1. The Morgan fingerprint density at radius 2 is 1.74 bits per heavy atom. The highest BCUT2D eigenvalue weighted by atomic mass is 35.5. The number of methoxy groups -OCH3 is 2. The molecule has 0 fully saturated rings. The number of rotatable bonds is 9. The van der Waals surface area contributed by atoms with Gasteiger partial charge in [0.1, 0.15) is 29.7 Å². The van der Waals surface area contributed by atoms with E-state index in [4.69, 9.17) is 30.5 Å². The molecule has 3 atom stereocenters. The Bertz CT molecular complexity index is 1020. The molecule has 2 rings (SSSR count). The molecule has 186 valence electrons. The number of amides is 1. The summed E-state index contributed by atoms with van der Waals surface area (Å²) < 4.78 is 22.0. The van der Waals surface area contributed by atoms with Crippen LogP contribution in [0.2, 0.25) is 5.02 Å². The van der Waals surface area contributed by atoms with E-state index in [1.807, 2.05) is 20.8 Å². The first-order valence-corrected chi connectivity index (χ1v) is 11.0. The highest BCUT2D eigenvalue weighted by molar-refractivity contribution is 6.32. The van der Waals surface area contributed by atoms with Crippen molar-refractivity contribution in [3.8, 4) is 23.0 Å². The molecule has 0 aliphatic carbocycles. The molecule has 0 saturated heterocycles. The van der Waals surface area contributed by atoms with Crippen LogP contribution in [0.25, 0.3) is 0 Å². The maximum Gasteiger partial charge on any atom is 0.328 e. The van der Waals surface area contributed by atoms with Crippen molar-refractivity contribution in [2.24, 2.45) is 5.41 Å². The van der Waals surface area contributed by atoms with Crippen LogP contribution >= 0.6 is 11.6 Å². The maximum atomic E-state index is 12.7. The second-order valence-corrected chi connectivity index (χ2v) is 9.16. The SMILES string of the molecule is COc1cc(O[C@@H]([C@H](C)OC(=O)[C@H](C)NC(=O)c2nccc(OC)c2O)C(C)(C)C)ccc1Cl. The molecule has 1 amide bonds. The predicted octanol–water partition coefficient (Wildman–Crippen LogP) is 4.00. The van der Waals surface area contributed by atoms with E-state index in [-0.39, 0.29) is 11.4 Å². The first-order chi connectivity index (χ1) is 15.9. The van der Waals surface area contributed by atoms with Gasteiger partial charge in [0.2, 0.25) is 0 Å². The van der Waals surface area contributed by atoms with E-state index in [0.717, 1.165) is 0 Å². The number of halogens is 1. The highest BCUT2D eigenvalue weighted by Gasteiger charge is 2.35. The Balaban J connectivity index is 2.10. The van der Waals surface area contributed by atoms with E-state index in [1.54, 1.807) is 25.1 Å². The summed E-state index contributed by atoms with van der Waals surface area (Å²) in [5.41, 5.74) is -0.672. The quantitative estimate of drug-likeness (QED) is 0.502. The van der Waals surface area contributed by atoms with Crippen LogP contribution in [0, 0.1) is 5.41 Å². The fourth-order valence-electron chi connectivity index (χ4n) is 3.27. The molecule has 1 aromatic carbocycles. The molecule has 2 N–H and O–H groups in total. The molecule has 0 radical (unpaired) electrons.